The van der Waals surface area contributed by atoms with Crippen molar-refractivity contribution in [3.05, 3.63) is 42.0 Å². The van der Waals surface area contributed by atoms with E-state index in [-0.39, 0.29) is 12.1 Å². The number of carbonyl (C=O) groups excluding carboxylic acids is 1. The molecule has 3 N–H and O–H groups in total. The zero-order chi connectivity index (χ0) is 16.3. The number of hydrogen-bond acceptors (Lipinski definition) is 2. The highest BCUT2D eigenvalue weighted by molar-refractivity contribution is 5.75. The zero-order valence-electron chi connectivity index (χ0n) is 13.6. The van der Waals surface area contributed by atoms with Crippen LogP contribution in [0.5, 0.6) is 0 Å². The van der Waals surface area contributed by atoms with Gasteiger partial charge in [0.2, 0.25) is 0 Å². The van der Waals surface area contributed by atoms with Crippen LogP contribution in [0.3, 0.4) is 0 Å². The third kappa shape index (κ3) is 3.89. The summed E-state index contributed by atoms with van der Waals surface area (Å²) in [7, 11) is 0. The van der Waals surface area contributed by atoms with Gasteiger partial charge in [0.05, 0.1) is 17.7 Å². The van der Waals surface area contributed by atoms with Gasteiger partial charge in [0.15, 0.2) is 0 Å². The second kappa shape index (κ2) is 6.53. The smallest absolute Gasteiger partial charge is 0.315 e. The Balaban J connectivity index is 2.05. The number of rotatable bonds is 4. The van der Waals surface area contributed by atoms with Crippen LogP contribution in [0, 0.1) is 0 Å². The summed E-state index contributed by atoms with van der Waals surface area (Å²) < 4.78 is 0. The molecule has 0 heterocycles. The van der Waals surface area contributed by atoms with E-state index in [1.807, 2.05) is 45.0 Å². The lowest BCUT2D eigenvalue weighted by atomic mass is 9.92. The molecular formula is C18H26N2O2. The molecule has 4 nitrogen and oxygen atoms in total. The van der Waals surface area contributed by atoms with Crippen LogP contribution in [-0.4, -0.2) is 23.3 Å². The van der Waals surface area contributed by atoms with Crippen LogP contribution in [0.15, 0.2) is 30.8 Å². The third-order valence-electron chi connectivity index (χ3n) is 4.30. The second-order valence-corrected chi connectivity index (χ2v) is 6.69. The molecule has 120 valence electrons. The van der Waals surface area contributed by atoms with E-state index >= 15 is 0 Å². The summed E-state index contributed by atoms with van der Waals surface area (Å²) in [6.45, 7) is 9.86. The van der Waals surface area contributed by atoms with Crippen molar-refractivity contribution in [1.29, 1.82) is 0 Å². The number of hydrogen-bond donors (Lipinski definition) is 3. The van der Waals surface area contributed by atoms with Gasteiger partial charge in [-0.05, 0) is 57.2 Å². The Bertz CT molecular complexity index is 566. The summed E-state index contributed by atoms with van der Waals surface area (Å²) in [5.74, 6) is 0. The SMILES string of the molecule is C=C(C)c1cccc(C(C)(C)NC(=O)NC2CCCC2O)c1. The second-order valence-electron chi connectivity index (χ2n) is 6.69. The molecule has 2 amide bonds. The van der Waals surface area contributed by atoms with E-state index in [1.54, 1.807) is 0 Å². The van der Waals surface area contributed by atoms with E-state index in [2.05, 4.69) is 17.2 Å². The van der Waals surface area contributed by atoms with Gasteiger partial charge in [-0.1, -0.05) is 30.4 Å². The van der Waals surface area contributed by atoms with E-state index in [0.29, 0.717) is 0 Å². The van der Waals surface area contributed by atoms with Crippen molar-refractivity contribution in [2.75, 3.05) is 0 Å². The van der Waals surface area contributed by atoms with E-state index in [9.17, 15) is 9.90 Å². The van der Waals surface area contributed by atoms with Crippen molar-refractivity contribution in [1.82, 2.24) is 10.6 Å². The number of urea groups is 1. The predicted octanol–water partition coefficient (Wildman–Crippen LogP) is 3.17. The molecule has 1 aromatic rings. The van der Waals surface area contributed by atoms with Gasteiger partial charge in [-0.15, -0.1) is 0 Å². The number of carbonyl (C=O) groups is 1. The van der Waals surface area contributed by atoms with Crippen molar-refractivity contribution < 1.29 is 9.90 Å². The molecule has 2 rings (SSSR count). The quantitative estimate of drug-likeness (QED) is 0.800. The molecule has 0 aromatic heterocycles. The van der Waals surface area contributed by atoms with Gasteiger partial charge >= 0.3 is 6.03 Å². The van der Waals surface area contributed by atoms with Crippen molar-refractivity contribution in [3.8, 4) is 0 Å². The molecule has 1 fully saturated rings. The van der Waals surface area contributed by atoms with Gasteiger partial charge in [-0.3, -0.25) is 0 Å². The van der Waals surface area contributed by atoms with E-state index in [1.165, 1.54) is 0 Å². The number of benzene rings is 1. The van der Waals surface area contributed by atoms with Crippen LogP contribution < -0.4 is 10.6 Å². The normalized spacial score (nSPS) is 21.5. The predicted molar refractivity (Wildman–Crippen MR) is 89.5 cm³/mol. The van der Waals surface area contributed by atoms with Crippen LogP contribution in [0.4, 0.5) is 4.79 Å². The minimum Gasteiger partial charge on any atom is -0.391 e. The molecule has 0 spiro atoms. The van der Waals surface area contributed by atoms with Crippen LogP contribution >= 0.6 is 0 Å². The molecule has 2 unspecified atom stereocenters. The topological polar surface area (TPSA) is 61.4 Å². The van der Waals surface area contributed by atoms with Crippen molar-refractivity contribution in [2.45, 2.75) is 57.7 Å². The maximum absolute atomic E-state index is 12.2. The largest absolute Gasteiger partial charge is 0.391 e. The van der Waals surface area contributed by atoms with Gasteiger partial charge in [0, 0.05) is 0 Å². The Labute approximate surface area is 132 Å². The van der Waals surface area contributed by atoms with Crippen LogP contribution in [0.2, 0.25) is 0 Å². The Morgan fingerprint density at radius 3 is 2.68 bits per heavy atom. The summed E-state index contributed by atoms with van der Waals surface area (Å²) in [5.41, 5.74) is 2.59. The molecule has 2 atom stereocenters. The minimum absolute atomic E-state index is 0.141. The average Bonchev–Trinajstić information content (AvgIpc) is 2.83. The number of nitrogens with one attached hydrogen (secondary N) is 2. The van der Waals surface area contributed by atoms with Crippen LogP contribution in [0.25, 0.3) is 5.57 Å². The number of amides is 2. The molecule has 0 radical (unpaired) electrons. The lowest BCUT2D eigenvalue weighted by molar-refractivity contribution is 0.148. The number of aliphatic hydroxyl groups is 1. The molecule has 1 saturated carbocycles. The number of allylic oxidation sites excluding steroid dienone is 1. The van der Waals surface area contributed by atoms with Gasteiger partial charge in [-0.2, -0.15) is 0 Å². The fraction of sp³-hybridized carbons (Fsp3) is 0.500. The first-order valence-corrected chi connectivity index (χ1v) is 7.83. The Kier molecular flexibility index (Phi) is 4.91. The number of aliphatic hydroxyl groups excluding tert-OH is 1. The summed E-state index contributed by atoms with van der Waals surface area (Å²) in [5, 5.41) is 15.7. The maximum atomic E-state index is 12.2. The van der Waals surface area contributed by atoms with E-state index in [0.717, 1.165) is 36.0 Å². The zero-order valence-corrected chi connectivity index (χ0v) is 13.6. The fourth-order valence-corrected chi connectivity index (χ4v) is 2.84. The highest BCUT2D eigenvalue weighted by Crippen LogP contribution is 2.24. The lowest BCUT2D eigenvalue weighted by Gasteiger charge is -2.29. The van der Waals surface area contributed by atoms with E-state index in [4.69, 9.17) is 0 Å². The molecule has 1 aliphatic rings. The summed E-state index contributed by atoms with van der Waals surface area (Å²) >= 11 is 0. The van der Waals surface area contributed by atoms with Crippen molar-refractivity contribution >= 4 is 11.6 Å². The lowest BCUT2D eigenvalue weighted by Crippen LogP contribution is -2.51. The van der Waals surface area contributed by atoms with Crippen LogP contribution in [-0.2, 0) is 5.54 Å². The standard InChI is InChI=1S/C18H26N2O2/c1-12(2)13-7-5-8-14(11-13)18(3,4)20-17(22)19-15-9-6-10-16(15)21/h5,7-8,11,15-16,21H,1,6,9-10H2,2-4H3,(H2,19,20,22). The van der Waals surface area contributed by atoms with Crippen LogP contribution in [0.1, 0.15) is 51.2 Å². The monoisotopic (exact) mass is 302 g/mol. The van der Waals surface area contributed by atoms with E-state index < -0.39 is 11.6 Å². The van der Waals surface area contributed by atoms with Crippen molar-refractivity contribution in [3.63, 3.8) is 0 Å². The first-order chi connectivity index (χ1) is 10.3. The van der Waals surface area contributed by atoms with Gasteiger partial charge in [0.25, 0.3) is 0 Å². The van der Waals surface area contributed by atoms with Crippen molar-refractivity contribution in [2.24, 2.45) is 0 Å². The Morgan fingerprint density at radius 1 is 1.36 bits per heavy atom. The van der Waals surface area contributed by atoms with Gasteiger partial charge in [0.1, 0.15) is 0 Å². The fourth-order valence-electron chi connectivity index (χ4n) is 2.84. The Morgan fingerprint density at radius 2 is 2.09 bits per heavy atom. The first-order valence-electron chi connectivity index (χ1n) is 7.83. The Hall–Kier alpha value is -1.81. The first kappa shape index (κ1) is 16.6. The molecule has 4 heteroatoms. The summed E-state index contributed by atoms with van der Waals surface area (Å²) in [6.07, 6.45) is 2.12. The third-order valence-corrected chi connectivity index (χ3v) is 4.30. The van der Waals surface area contributed by atoms with Gasteiger partial charge < -0.3 is 15.7 Å². The molecular weight excluding hydrogens is 276 g/mol. The highest BCUT2D eigenvalue weighted by atomic mass is 16.3. The maximum Gasteiger partial charge on any atom is 0.315 e. The molecule has 0 bridgehead atoms. The van der Waals surface area contributed by atoms with Gasteiger partial charge in [-0.25, -0.2) is 4.79 Å². The summed E-state index contributed by atoms with van der Waals surface area (Å²) in [6, 6.07) is 7.65. The highest BCUT2D eigenvalue weighted by Gasteiger charge is 2.29. The molecule has 22 heavy (non-hydrogen) atoms. The molecule has 0 aliphatic heterocycles. The molecule has 1 aliphatic carbocycles. The minimum atomic E-state index is -0.501. The molecule has 0 saturated heterocycles. The summed E-state index contributed by atoms with van der Waals surface area (Å²) in [4.78, 5) is 12.2. The molecule has 1 aromatic carbocycles. The average molecular weight is 302 g/mol.